The smallest absolute Gasteiger partial charge is 0.303 e. The Morgan fingerprint density at radius 2 is 1.40 bits per heavy atom. The Kier molecular flexibility index (Phi) is 5.73. The van der Waals surface area contributed by atoms with Gasteiger partial charge in [0, 0.05) is 11.8 Å². The summed E-state index contributed by atoms with van der Waals surface area (Å²) < 4.78 is 10.7. The molecule has 0 bridgehead atoms. The van der Waals surface area contributed by atoms with Crippen LogP contribution in [0.1, 0.15) is 42.0 Å². The van der Waals surface area contributed by atoms with Gasteiger partial charge in [0.25, 0.3) is 0 Å². The van der Waals surface area contributed by atoms with E-state index < -0.39 is 11.4 Å². The summed E-state index contributed by atoms with van der Waals surface area (Å²) in [5, 5.41) is 9.20. The fourth-order valence-corrected chi connectivity index (χ4v) is 3.26. The molecule has 0 aliphatic carbocycles. The lowest BCUT2D eigenvalue weighted by atomic mass is 9.72. The maximum atomic E-state index is 11.2. The van der Waals surface area contributed by atoms with Crippen LogP contribution in [0.25, 0.3) is 0 Å². The van der Waals surface area contributed by atoms with E-state index in [0.29, 0.717) is 6.42 Å². The highest BCUT2D eigenvalue weighted by molar-refractivity contribution is 5.67. The number of rotatable bonds is 7. The monoisotopic (exact) mass is 342 g/mol. The lowest BCUT2D eigenvalue weighted by molar-refractivity contribution is -0.137. The highest BCUT2D eigenvalue weighted by Gasteiger charge is 2.30. The molecule has 25 heavy (non-hydrogen) atoms. The van der Waals surface area contributed by atoms with Crippen LogP contribution in [0.4, 0.5) is 0 Å². The number of carboxylic acid groups (broad SMARTS) is 1. The first kappa shape index (κ1) is 18.8. The molecule has 0 unspecified atom stereocenters. The van der Waals surface area contributed by atoms with Crippen molar-refractivity contribution in [2.75, 3.05) is 14.2 Å². The van der Waals surface area contributed by atoms with E-state index in [1.807, 2.05) is 38.1 Å². The van der Waals surface area contributed by atoms with Gasteiger partial charge < -0.3 is 14.6 Å². The van der Waals surface area contributed by atoms with Crippen molar-refractivity contribution in [3.63, 3.8) is 0 Å². The SMILES string of the molecule is COc1ccc(C(C)(CCC(=O)O)c2ccc(OC)c(C)c2)cc1C. The van der Waals surface area contributed by atoms with Gasteiger partial charge in [0.15, 0.2) is 0 Å². The van der Waals surface area contributed by atoms with Gasteiger partial charge in [-0.25, -0.2) is 0 Å². The summed E-state index contributed by atoms with van der Waals surface area (Å²) >= 11 is 0. The molecule has 0 heterocycles. The Labute approximate surface area is 149 Å². The summed E-state index contributed by atoms with van der Waals surface area (Å²) in [7, 11) is 3.30. The Morgan fingerprint density at radius 1 is 0.960 bits per heavy atom. The minimum absolute atomic E-state index is 0.104. The second-order valence-electron chi connectivity index (χ2n) is 6.59. The highest BCUT2D eigenvalue weighted by atomic mass is 16.5. The van der Waals surface area contributed by atoms with Crippen molar-refractivity contribution in [3.8, 4) is 11.5 Å². The third-order valence-corrected chi connectivity index (χ3v) is 4.90. The number of aliphatic carboxylic acids is 1. The molecule has 0 atom stereocenters. The predicted molar refractivity (Wildman–Crippen MR) is 98.8 cm³/mol. The first-order valence-corrected chi connectivity index (χ1v) is 8.34. The highest BCUT2D eigenvalue weighted by Crippen LogP contribution is 2.39. The molecular formula is C21H26O4. The Balaban J connectivity index is 2.55. The van der Waals surface area contributed by atoms with E-state index in [2.05, 4.69) is 19.1 Å². The van der Waals surface area contributed by atoms with Gasteiger partial charge in [0.1, 0.15) is 11.5 Å². The zero-order valence-corrected chi connectivity index (χ0v) is 15.6. The minimum Gasteiger partial charge on any atom is -0.496 e. The van der Waals surface area contributed by atoms with Crippen molar-refractivity contribution in [2.24, 2.45) is 0 Å². The van der Waals surface area contributed by atoms with Gasteiger partial charge in [-0.1, -0.05) is 31.2 Å². The van der Waals surface area contributed by atoms with Crippen molar-refractivity contribution in [3.05, 3.63) is 58.7 Å². The van der Waals surface area contributed by atoms with Gasteiger partial charge in [-0.3, -0.25) is 4.79 Å². The normalized spacial score (nSPS) is 11.2. The van der Waals surface area contributed by atoms with Crippen LogP contribution in [0, 0.1) is 13.8 Å². The molecule has 4 nitrogen and oxygen atoms in total. The molecule has 0 aliphatic rings. The van der Waals surface area contributed by atoms with E-state index in [1.165, 1.54) is 0 Å². The molecule has 0 spiro atoms. The fourth-order valence-electron chi connectivity index (χ4n) is 3.26. The van der Waals surface area contributed by atoms with Gasteiger partial charge in [0.05, 0.1) is 14.2 Å². The summed E-state index contributed by atoms with van der Waals surface area (Å²) in [6.07, 6.45) is 0.618. The van der Waals surface area contributed by atoms with E-state index in [9.17, 15) is 9.90 Å². The summed E-state index contributed by atoms with van der Waals surface area (Å²) in [4.78, 5) is 11.2. The molecule has 0 aromatic heterocycles. The zero-order chi connectivity index (χ0) is 18.6. The maximum absolute atomic E-state index is 11.2. The molecule has 4 heteroatoms. The number of benzene rings is 2. The summed E-state index contributed by atoms with van der Waals surface area (Å²) in [6, 6.07) is 12.1. The van der Waals surface area contributed by atoms with Crippen LogP contribution in [0.2, 0.25) is 0 Å². The molecule has 0 amide bonds. The van der Waals surface area contributed by atoms with Crippen LogP contribution < -0.4 is 9.47 Å². The van der Waals surface area contributed by atoms with Crippen LogP contribution in [-0.2, 0) is 10.2 Å². The van der Waals surface area contributed by atoms with Crippen LogP contribution in [0.15, 0.2) is 36.4 Å². The van der Waals surface area contributed by atoms with Crippen LogP contribution in [0.3, 0.4) is 0 Å². The zero-order valence-electron chi connectivity index (χ0n) is 15.6. The fraction of sp³-hybridized carbons (Fsp3) is 0.381. The summed E-state index contributed by atoms with van der Waals surface area (Å²) in [5.41, 5.74) is 3.82. The van der Waals surface area contributed by atoms with Gasteiger partial charge in [-0.15, -0.1) is 0 Å². The number of carboxylic acids is 1. The number of methoxy groups -OCH3 is 2. The number of ether oxygens (including phenoxy) is 2. The molecule has 2 aromatic carbocycles. The number of hydrogen-bond donors (Lipinski definition) is 1. The van der Waals surface area contributed by atoms with E-state index in [0.717, 1.165) is 33.8 Å². The van der Waals surface area contributed by atoms with Gasteiger partial charge in [-0.2, -0.15) is 0 Å². The van der Waals surface area contributed by atoms with Crippen molar-refractivity contribution in [2.45, 2.75) is 39.0 Å². The van der Waals surface area contributed by atoms with Crippen molar-refractivity contribution < 1.29 is 19.4 Å². The molecule has 134 valence electrons. The second-order valence-corrected chi connectivity index (χ2v) is 6.59. The first-order chi connectivity index (χ1) is 11.8. The largest absolute Gasteiger partial charge is 0.496 e. The molecular weight excluding hydrogens is 316 g/mol. The Hall–Kier alpha value is -2.49. The first-order valence-electron chi connectivity index (χ1n) is 8.34. The molecule has 1 N–H and O–H groups in total. The van der Waals surface area contributed by atoms with Crippen LogP contribution >= 0.6 is 0 Å². The summed E-state index contributed by atoms with van der Waals surface area (Å²) in [5.74, 6) is 0.868. The number of hydrogen-bond acceptors (Lipinski definition) is 3. The number of carbonyl (C=O) groups is 1. The molecule has 0 saturated heterocycles. The minimum atomic E-state index is -0.790. The second kappa shape index (κ2) is 7.60. The molecule has 0 aliphatic heterocycles. The average Bonchev–Trinajstić information content (AvgIpc) is 2.59. The molecule has 0 radical (unpaired) electrons. The van der Waals surface area contributed by atoms with Crippen LogP contribution in [0.5, 0.6) is 11.5 Å². The van der Waals surface area contributed by atoms with E-state index >= 15 is 0 Å². The molecule has 2 aromatic rings. The van der Waals surface area contributed by atoms with Crippen molar-refractivity contribution in [1.82, 2.24) is 0 Å². The maximum Gasteiger partial charge on any atom is 0.303 e. The Bertz CT molecular complexity index is 711. The van der Waals surface area contributed by atoms with E-state index in [-0.39, 0.29) is 6.42 Å². The van der Waals surface area contributed by atoms with Gasteiger partial charge in [0.2, 0.25) is 0 Å². The average molecular weight is 342 g/mol. The van der Waals surface area contributed by atoms with Gasteiger partial charge >= 0.3 is 5.97 Å². The molecule has 0 fully saturated rings. The van der Waals surface area contributed by atoms with Crippen LogP contribution in [-0.4, -0.2) is 25.3 Å². The third kappa shape index (κ3) is 3.95. The number of aryl methyl sites for hydroxylation is 2. The van der Waals surface area contributed by atoms with E-state index in [1.54, 1.807) is 14.2 Å². The lowest BCUT2D eigenvalue weighted by Crippen LogP contribution is -2.25. The Morgan fingerprint density at radius 3 is 1.72 bits per heavy atom. The molecule has 0 saturated carbocycles. The standard InChI is InChI=1S/C21H26O4/c1-14-12-16(6-8-18(14)24-4)21(3,11-10-20(22)23)17-7-9-19(25-5)15(2)13-17/h6-9,12-13H,10-11H2,1-5H3,(H,22,23). The quantitative estimate of drug-likeness (QED) is 0.805. The van der Waals surface area contributed by atoms with Crippen molar-refractivity contribution >= 4 is 5.97 Å². The van der Waals surface area contributed by atoms with E-state index in [4.69, 9.17) is 9.47 Å². The topological polar surface area (TPSA) is 55.8 Å². The summed E-state index contributed by atoms with van der Waals surface area (Å²) in [6.45, 7) is 6.09. The van der Waals surface area contributed by atoms with Gasteiger partial charge in [-0.05, 0) is 54.7 Å². The third-order valence-electron chi connectivity index (χ3n) is 4.90. The van der Waals surface area contributed by atoms with Crippen molar-refractivity contribution in [1.29, 1.82) is 0 Å². The molecule has 2 rings (SSSR count). The predicted octanol–water partition coefficient (Wildman–Crippen LogP) is 4.49. The lowest BCUT2D eigenvalue weighted by Gasteiger charge is -2.32.